The van der Waals surface area contributed by atoms with Crippen molar-refractivity contribution < 1.29 is 23.1 Å². The lowest BCUT2D eigenvalue weighted by Gasteiger charge is -2.12. The van der Waals surface area contributed by atoms with E-state index in [0.717, 1.165) is 47.1 Å². The summed E-state index contributed by atoms with van der Waals surface area (Å²) in [5, 5.41) is 14.2. The van der Waals surface area contributed by atoms with Crippen molar-refractivity contribution in [3.05, 3.63) is 65.4 Å². The molecule has 1 fully saturated rings. The summed E-state index contributed by atoms with van der Waals surface area (Å²) in [5.74, 6) is 0.132. The summed E-state index contributed by atoms with van der Waals surface area (Å²) in [6.45, 7) is 0. The summed E-state index contributed by atoms with van der Waals surface area (Å²) in [6.07, 6.45) is -0.867. The molecule has 1 saturated carbocycles. The average molecular weight is 402 g/mol. The normalized spacial score (nSPS) is 15.4. The molecule has 0 radical (unpaired) electrons. The monoisotopic (exact) mass is 402 g/mol. The van der Waals surface area contributed by atoms with Crippen LogP contribution in [0.1, 0.15) is 29.5 Å². The van der Waals surface area contributed by atoms with E-state index >= 15 is 0 Å². The standard InChI is InChI=1S/C22H21F3N2O2/c23-22(24,25)16-6-1-13(2-7-16)9-17(28)10-14-3-8-19-18(11-14)20(12-26-19)27-21(29)15-4-5-15/h1-3,6-8,11-12,15,17,26,28H,4-5,9-10H2,(H,27,29)/t17-/m0/s1. The highest BCUT2D eigenvalue weighted by atomic mass is 19.4. The van der Waals surface area contributed by atoms with Gasteiger partial charge in [-0.05, 0) is 61.1 Å². The Kier molecular flexibility index (Phi) is 5.08. The van der Waals surface area contributed by atoms with E-state index in [1.165, 1.54) is 12.1 Å². The first-order valence-corrected chi connectivity index (χ1v) is 9.54. The third kappa shape index (κ3) is 4.62. The number of hydrogen-bond donors (Lipinski definition) is 3. The number of rotatable bonds is 6. The Morgan fingerprint density at radius 3 is 2.41 bits per heavy atom. The number of alkyl halides is 3. The number of fused-ring (bicyclic) bond motifs is 1. The molecule has 0 spiro atoms. The van der Waals surface area contributed by atoms with Gasteiger partial charge in [-0.1, -0.05) is 18.2 Å². The van der Waals surface area contributed by atoms with Gasteiger partial charge in [0, 0.05) is 23.0 Å². The second-order valence-electron chi connectivity index (χ2n) is 7.60. The van der Waals surface area contributed by atoms with Crippen molar-refractivity contribution in [1.82, 2.24) is 4.98 Å². The summed E-state index contributed by atoms with van der Waals surface area (Å²) >= 11 is 0. The van der Waals surface area contributed by atoms with E-state index in [2.05, 4.69) is 10.3 Å². The molecule has 1 aliphatic carbocycles. The molecule has 1 aromatic heterocycles. The number of halogens is 3. The molecular weight excluding hydrogens is 381 g/mol. The van der Waals surface area contributed by atoms with Gasteiger partial charge in [-0.25, -0.2) is 0 Å². The summed E-state index contributed by atoms with van der Waals surface area (Å²) in [6, 6.07) is 10.6. The fourth-order valence-corrected chi connectivity index (χ4v) is 3.42. The maximum atomic E-state index is 12.7. The van der Waals surface area contributed by atoms with Crippen LogP contribution in [0.2, 0.25) is 0 Å². The van der Waals surface area contributed by atoms with Gasteiger partial charge >= 0.3 is 6.18 Å². The van der Waals surface area contributed by atoms with E-state index in [1.54, 1.807) is 6.20 Å². The second-order valence-corrected chi connectivity index (χ2v) is 7.60. The third-order valence-electron chi connectivity index (χ3n) is 5.18. The number of aromatic nitrogens is 1. The van der Waals surface area contributed by atoms with Crippen LogP contribution in [0.3, 0.4) is 0 Å². The Balaban J connectivity index is 1.43. The van der Waals surface area contributed by atoms with E-state index in [0.29, 0.717) is 12.0 Å². The molecule has 4 nitrogen and oxygen atoms in total. The quantitative estimate of drug-likeness (QED) is 0.561. The van der Waals surface area contributed by atoms with Crippen LogP contribution in [0, 0.1) is 5.92 Å². The molecule has 3 N–H and O–H groups in total. The minimum atomic E-state index is -4.37. The molecule has 0 saturated heterocycles. The van der Waals surface area contributed by atoms with Crippen molar-refractivity contribution in [3.8, 4) is 0 Å². The van der Waals surface area contributed by atoms with Crippen LogP contribution in [0.25, 0.3) is 10.9 Å². The SMILES string of the molecule is O=C(Nc1c[nH]c2ccc(C[C@@H](O)Cc3ccc(C(F)(F)F)cc3)cc12)C1CC1. The lowest BCUT2D eigenvalue weighted by molar-refractivity contribution is -0.137. The number of aliphatic hydroxyl groups is 1. The van der Waals surface area contributed by atoms with Crippen molar-refractivity contribution in [2.45, 2.75) is 38.0 Å². The Hall–Kier alpha value is -2.80. The molecule has 152 valence electrons. The van der Waals surface area contributed by atoms with Gasteiger partial charge < -0.3 is 15.4 Å². The molecule has 2 aromatic carbocycles. The Labute approximate surface area is 165 Å². The van der Waals surface area contributed by atoms with Crippen LogP contribution in [-0.4, -0.2) is 22.1 Å². The number of nitrogens with one attached hydrogen (secondary N) is 2. The minimum Gasteiger partial charge on any atom is -0.392 e. The van der Waals surface area contributed by atoms with Crippen molar-refractivity contribution in [2.75, 3.05) is 5.32 Å². The molecule has 1 amide bonds. The van der Waals surface area contributed by atoms with Gasteiger partial charge in [-0.15, -0.1) is 0 Å². The number of aromatic amines is 1. The third-order valence-corrected chi connectivity index (χ3v) is 5.18. The highest BCUT2D eigenvalue weighted by Crippen LogP contribution is 2.32. The van der Waals surface area contributed by atoms with Crippen LogP contribution in [0.5, 0.6) is 0 Å². The Morgan fingerprint density at radius 1 is 1.10 bits per heavy atom. The molecule has 1 atom stereocenters. The zero-order chi connectivity index (χ0) is 20.6. The van der Waals surface area contributed by atoms with Crippen molar-refractivity contribution >= 4 is 22.5 Å². The highest BCUT2D eigenvalue weighted by Gasteiger charge is 2.30. The smallest absolute Gasteiger partial charge is 0.392 e. The zero-order valence-corrected chi connectivity index (χ0v) is 15.6. The number of hydrogen-bond acceptors (Lipinski definition) is 2. The highest BCUT2D eigenvalue weighted by molar-refractivity contribution is 6.03. The predicted molar refractivity (Wildman–Crippen MR) is 105 cm³/mol. The molecule has 3 aromatic rings. The largest absolute Gasteiger partial charge is 0.416 e. The van der Waals surface area contributed by atoms with Crippen molar-refractivity contribution in [1.29, 1.82) is 0 Å². The number of H-pyrrole nitrogens is 1. The van der Waals surface area contributed by atoms with Crippen molar-refractivity contribution in [2.24, 2.45) is 5.92 Å². The fourth-order valence-electron chi connectivity index (χ4n) is 3.42. The van der Waals surface area contributed by atoms with Crippen LogP contribution in [-0.2, 0) is 23.8 Å². The van der Waals surface area contributed by atoms with E-state index in [1.807, 2.05) is 18.2 Å². The summed E-state index contributed by atoms with van der Waals surface area (Å²) in [7, 11) is 0. The molecule has 7 heteroatoms. The summed E-state index contributed by atoms with van der Waals surface area (Å²) in [4.78, 5) is 15.2. The summed E-state index contributed by atoms with van der Waals surface area (Å²) < 4.78 is 38.0. The number of carbonyl (C=O) groups is 1. The maximum absolute atomic E-state index is 12.7. The van der Waals surface area contributed by atoms with Gasteiger partial charge in [-0.2, -0.15) is 13.2 Å². The van der Waals surface area contributed by atoms with E-state index < -0.39 is 17.8 Å². The van der Waals surface area contributed by atoms with E-state index in [4.69, 9.17) is 0 Å². The van der Waals surface area contributed by atoms with Gasteiger partial charge in [0.2, 0.25) is 5.91 Å². The van der Waals surface area contributed by atoms with Gasteiger partial charge in [0.15, 0.2) is 0 Å². The maximum Gasteiger partial charge on any atom is 0.416 e. The molecule has 1 aliphatic rings. The Morgan fingerprint density at radius 2 is 1.76 bits per heavy atom. The lowest BCUT2D eigenvalue weighted by atomic mass is 9.99. The number of anilines is 1. The molecule has 4 rings (SSSR count). The number of benzene rings is 2. The molecule has 0 unspecified atom stereocenters. The number of aliphatic hydroxyl groups excluding tert-OH is 1. The van der Waals surface area contributed by atoms with Gasteiger partial charge in [0.05, 0.1) is 17.4 Å². The molecule has 0 aliphatic heterocycles. The number of amides is 1. The predicted octanol–water partition coefficient (Wildman–Crippen LogP) is 4.68. The molecule has 1 heterocycles. The second kappa shape index (κ2) is 7.55. The molecule has 0 bridgehead atoms. The van der Waals surface area contributed by atoms with Crippen LogP contribution >= 0.6 is 0 Å². The van der Waals surface area contributed by atoms with E-state index in [9.17, 15) is 23.1 Å². The van der Waals surface area contributed by atoms with Crippen LogP contribution in [0.4, 0.5) is 18.9 Å². The first-order valence-electron chi connectivity index (χ1n) is 9.54. The first kappa shape index (κ1) is 19.5. The van der Waals surface area contributed by atoms with Gasteiger partial charge in [0.25, 0.3) is 0 Å². The topological polar surface area (TPSA) is 65.1 Å². The molecule has 29 heavy (non-hydrogen) atoms. The lowest BCUT2D eigenvalue weighted by Crippen LogP contribution is -2.14. The molecular formula is C22H21F3N2O2. The minimum absolute atomic E-state index is 0.0265. The van der Waals surface area contributed by atoms with Gasteiger partial charge in [-0.3, -0.25) is 4.79 Å². The number of carbonyl (C=O) groups excluding carboxylic acids is 1. The zero-order valence-electron chi connectivity index (χ0n) is 15.6. The summed E-state index contributed by atoms with van der Waals surface area (Å²) in [5.41, 5.74) is 2.44. The van der Waals surface area contributed by atoms with Crippen LogP contribution in [0.15, 0.2) is 48.7 Å². The Bertz CT molecular complexity index is 1020. The van der Waals surface area contributed by atoms with Crippen molar-refractivity contribution in [3.63, 3.8) is 0 Å². The van der Waals surface area contributed by atoms with E-state index in [-0.39, 0.29) is 18.2 Å². The van der Waals surface area contributed by atoms with Gasteiger partial charge in [0.1, 0.15) is 0 Å². The van der Waals surface area contributed by atoms with Crippen LogP contribution < -0.4 is 5.32 Å². The average Bonchev–Trinajstić information content (AvgIpc) is 3.44. The first-order chi connectivity index (χ1) is 13.8. The fraction of sp³-hybridized carbons (Fsp3) is 0.318.